The summed E-state index contributed by atoms with van der Waals surface area (Å²) in [6.07, 6.45) is 3.45. The Morgan fingerprint density at radius 2 is 2.00 bits per heavy atom. The molecule has 1 fully saturated rings. The van der Waals surface area contributed by atoms with Crippen LogP contribution in [0.15, 0.2) is 30.3 Å². The van der Waals surface area contributed by atoms with Gasteiger partial charge in [-0.15, -0.1) is 0 Å². The van der Waals surface area contributed by atoms with Crippen LogP contribution in [0.25, 0.3) is 0 Å². The number of para-hydroxylation sites is 1. The first kappa shape index (κ1) is 16.3. The van der Waals surface area contributed by atoms with E-state index in [4.69, 9.17) is 9.72 Å². The van der Waals surface area contributed by atoms with Crippen LogP contribution in [0.5, 0.6) is 5.75 Å². The lowest BCUT2D eigenvalue weighted by Gasteiger charge is -2.25. The molecule has 0 spiro atoms. The zero-order valence-corrected chi connectivity index (χ0v) is 15.0. The van der Waals surface area contributed by atoms with E-state index in [2.05, 4.69) is 46.5 Å². The second-order valence-electron chi connectivity index (χ2n) is 7.15. The molecule has 0 unspecified atom stereocenters. The number of nitrogens with one attached hydrogen (secondary N) is 1. The van der Waals surface area contributed by atoms with Crippen molar-refractivity contribution in [2.45, 2.75) is 38.2 Å². The number of piperidine rings is 1. The summed E-state index contributed by atoms with van der Waals surface area (Å²) in [7, 11) is 2.10. The Morgan fingerprint density at radius 3 is 2.80 bits per heavy atom. The fraction of sp³-hybridized carbons (Fsp3) is 0.500. The molecule has 2 aliphatic rings. The Kier molecular flexibility index (Phi) is 4.57. The summed E-state index contributed by atoms with van der Waals surface area (Å²) in [6, 6.07) is 10.5. The normalized spacial score (nSPS) is 20.2. The number of hydrogen-bond acceptors (Lipinski definition) is 5. The maximum atomic E-state index is 6.08. The zero-order valence-electron chi connectivity index (χ0n) is 15.0. The van der Waals surface area contributed by atoms with Crippen molar-refractivity contribution in [3.05, 3.63) is 47.4 Å². The summed E-state index contributed by atoms with van der Waals surface area (Å²) in [6.45, 7) is 4.97. The van der Waals surface area contributed by atoms with Gasteiger partial charge in [-0.2, -0.15) is 0 Å². The molecular formula is C20H26N4O. The molecule has 1 N–H and O–H groups in total. The molecule has 5 nitrogen and oxygen atoms in total. The van der Waals surface area contributed by atoms with Gasteiger partial charge in [0.1, 0.15) is 23.5 Å². The first-order valence-corrected chi connectivity index (χ1v) is 9.21. The van der Waals surface area contributed by atoms with Gasteiger partial charge in [0, 0.05) is 31.1 Å². The molecule has 3 heterocycles. The Morgan fingerprint density at radius 1 is 1.20 bits per heavy atom. The summed E-state index contributed by atoms with van der Waals surface area (Å²) in [5.41, 5.74) is 2.49. The highest BCUT2D eigenvalue weighted by Crippen LogP contribution is 2.30. The summed E-state index contributed by atoms with van der Waals surface area (Å²) in [5.74, 6) is 3.42. The topological polar surface area (TPSA) is 50.3 Å². The third kappa shape index (κ3) is 3.61. The monoisotopic (exact) mass is 338 g/mol. The fourth-order valence-electron chi connectivity index (χ4n) is 3.85. The number of fused-ring (bicyclic) bond motifs is 1. The lowest BCUT2D eigenvalue weighted by atomic mass is 9.94. The van der Waals surface area contributed by atoms with Crippen LogP contribution in [-0.2, 0) is 6.42 Å². The van der Waals surface area contributed by atoms with E-state index in [1.165, 1.54) is 11.3 Å². The number of rotatable bonds is 4. The summed E-state index contributed by atoms with van der Waals surface area (Å²) in [4.78, 5) is 11.6. The Labute approximate surface area is 149 Å². The first-order valence-electron chi connectivity index (χ1n) is 9.21. The number of ether oxygens (including phenoxy) is 1. The highest BCUT2D eigenvalue weighted by molar-refractivity contribution is 5.42. The van der Waals surface area contributed by atoms with Crippen LogP contribution in [0.4, 0.5) is 5.82 Å². The van der Waals surface area contributed by atoms with Crippen LogP contribution in [0, 0.1) is 6.92 Å². The van der Waals surface area contributed by atoms with Crippen molar-refractivity contribution in [2.75, 3.05) is 31.6 Å². The Bertz CT molecular complexity index is 717. The van der Waals surface area contributed by atoms with Crippen LogP contribution in [0.3, 0.4) is 0 Å². The molecule has 0 aliphatic carbocycles. The predicted molar refractivity (Wildman–Crippen MR) is 99.4 cm³/mol. The van der Waals surface area contributed by atoms with Gasteiger partial charge in [0.15, 0.2) is 0 Å². The van der Waals surface area contributed by atoms with Gasteiger partial charge < -0.3 is 15.0 Å². The van der Waals surface area contributed by atoms with Crippen molar-refractivity contribution in [2.24, 2.45) is 0 Å². The number of benzene rings is 1. The summed E-state index contributed by atoms with van der Waals surface area (Å²) < 4.78 is 6.08. The van der Waals surface area contributed by atoms with E-state index in [1.807, 2.05) is 13.0 Å². The SMILES string of the molecule is Cc1nc(C2CCNCC2)cc(N(C)C[C@@H]2Cc3ccccc3O2)n1. The summed E-state index contributed by atoms with van der Waals surface area (Å²) >= 11 is 0. The van der Waals surface area contributed by atoms with Crippen LogP contribution in [0.2, 0.25) is 0 Å². The smallest absolute Gasteiger partial charge is 0.132 e. The molecule has 5 heteroatoms. The molecule has 1 aromatic carbocycles. The van der Waals surface area contributed by atoms with Gasteiger partial charge in [-0.3, -0.25) is 0 Å². The maximum absolute atomic E-state index is 6.08. The lowest BCUT2D eigenvalue weighted by molar-refractivity contribution is 0.239. The van der Waals surface area contributed by atoms with Crippen molar-refractivity contribution in [1.82, 2.24) is 15.3 Å². The van der Waals surface area contributed by atoms with E-state index in [0.29, 0.717) is 5.92 Å². The van der Waals surface area contributed by atoms with Crippen molar-refractivity contribution in [3.8, 4) is 5.75 Å². The minimum Gasteiger partial charge on any atom is -0.488 e. The third-order valence-corrected chi connectivity index (χ3v) is 5.18. The quantitative estimate of drug-likeness (QED) is 0.929. The molecule has 2 aromatic rings. The number of aryl methyl sites for hydroxylation is 1. The molecule has 1 aromatic heterocycles. The molecule has 1 saturated heterocycles. The first-order chi connectivity index (χ1) is 12.2. The number of anilines is 1. The van der Waals surface area contributed by atoms with E-state index in [1.54, 1.807) is 0 Å². The van der Waals surface area contributed by atoms with Crippen LogP contribution < -0.4 is 15.0 Å². The molecule has 2 aliphatic heterocycles. The van der Waals surface area contributed by atoms with E-state index in [9.17, 15) is 0 Å². The zero-order chi connectivity index (χ0) is 17.2. The fourth-order valence-corrected chi connectivity index (χ4v) is 3.85. The number of nitrogens with zero attached hydrogens (tertiary/aromatic N) is 3. The number of likely N-dealkylation sites (N-methyl/N-ethyl adjacent to an activating group) is 1. The van der Waals surface area contributed by atoms with E-state index < -0.39 is 0 Å². The van der Waals surface area contributed by atoms with Crippen molar-refractivity contribution in [1.29, 1.82) is 0 Å². The maximum Gasteiger partial charge on any atom is 0.132 e. The average molecular weight is 338 g/mol. The molecule has 132 valence electrons. The van der Waals surface area contributed by atoms with Crippen LogP contribution in [-0.4, -0.2) is 42.8 Å². The van der Waals surface area contributed by atoms with Gasteiger partial charge in [0.05, 0.1) is 6.54 Å². The lowest BCUT2D eigenvalue weighted by Crippen LogP contribution is -2.33. The number of aromatic nitrogens is 2. The molecular weight excluding hydrogens is 312 g/mol. The molecule has 25 heavy (non-hydrogen) atoms. The molecule has 0 radical (unpaired) electrons. The molecule has 0 saturated carbocycles. The van der Waals surface area contributed by atoms with E-state index >= 15 is 0 Å². The number of hydrogen-bond donors (Lipinski definition) is 1. The Balaban J connectivity index is 1.47. The van der Waals surface area contributed by atoms with Crippen molar-refractivity contribution in [3.63, 3.8) is 0 Å². The Hall–Kier alpha value is -2.14. The predicted octanol–water partition coefficient (Wildman–Crippen LogP) is 2.69. The van der Waals surface area contributed by atoms with Gasteiger partial charge in [-0.1, -0.05) is 18.2 Å². The van der Waals surface area contributed by atoms with Gasteiger partial charge in [-0.25, -0.2) is 9.97 Å². The largest absolute Gasteiger partial charge is 0.488 e. The minimum absolute atomic E-state index is 0.181. The van der Waals surface area contributed by atoms with Crippen molar-refractivity contribution < 1.29 is 4.74 Å². The van der Waals surface area contributed by atoms with E-state index in [-0.39, 0.29) is 6.10 Å². The standard InChI is InChI=1S/C20H26N4O/c1-14-22-18(15-7-9-21-10-8-15)12-20(23-14)24(2)13-17-11-16-5-3-4-6-19(16)25-17/h3-6,12,15,17,21H,7-11,13H2,1-2H3/t17-/m0/s1. The van der Waals surface area contributed by atoms with Crippen molar-refractivity contribution >= 4 is 5.82 Å². The molecule has 0 bridgehead atoms. The molecule has 4 rings (SSSR count). The van der Waals surface area contributed by atoms with E-state index in [0.717, 1.165) is 56.3 Å². The highest BCUT2D eigenvalue weighted by atomic mass is 16.5. The van der Waals surface area contributed by atoms with Gasteiger partial charge in [0.25, 0.3) is 0 Å². The van der Waals surface area contributed by atoms with Gasteiger partial charge in [0.2, 0.25) is 0 Å². The third-order valence-electron chi connectivity index (χ3n) is 5.18. The molecule has 1 atom stereocenters. The van der Waals surface area contributed by atoms with Gasteiger partial charge in [-0.05, 0) is 44.5 Å². The van der Waals surface area contributed by atoms with Gasteiger partial charge >= 0.3 is 0 Å². The second kappa shape index (κ2) is 7.00. The van der Waals surface area contributed by atoms with Crippen LogP contribution in [0.1, 0.15) is 35.8 Å². The van der Waals surface area contributed by atoms with Crippen LogP contribution >= 0.6 is 0 Å². The minimum atomic E-state index is 0.181. The average Bonchev–Trinajstić information content (AvgIpc) is 3.04. The highest BCUT2D eigenvalue weighted by Gasteiger charge is 2.25. The summed E-state index contributed by atoms with van der Waals surface area (Å²) in [5, 5.41) is 3.42. The molecule has 0 amide bonds. The second-order valence-corrected chi connectivity index (χ2v) is 7.15.